The third-order valence-electron chi connectivity index (χ3n) is 10.1. The van der Waals surface area contributed by atoms with Crippen LogP contribution in [0.5, 0.6) is 5.75 Å². The molecule has 12 nitrogen and oxygen atoms in total. The Kier molecular flexibility index (Phi) is 14.3. The molecule has 15 heteroatoms. The smallest absolute Gasteiger partial charge is 0.407 e. The van der Waals surface area contributed by atoms with E-state index in [0.29, 0.717) is 0 Å². The van der Waals surface area contributed by atoms with Crippen LogP contribution in [0.3, 0.4) is 0 Å². The van der Waals surface area contributed by atoms with Gasteiger partial charge in [-0.3, -0.25) is 9.59 Å². The minimum Gasteiger partial charge on any atom is -0.489 e. The van der Waals surface area contributed by atoms with Crippen LogP contribution in [0.15, 0.2) is 79.0 Å². The fourth-order valence-electron chi connectivity index (χ4n) is 6.86. The number of aliphatic hydroxyl groups is 2. The van der Waals surface area contributed by atoms with Crippen LogP contribution in [0.1, 0.15) is 49.9 Å². The highest BCUT2D eigenvalue weighted by atomic mass is 35.5. The molecule has 5 rings (SSSR count). The summed E-state index contributed by atoms with van der Waals surface area (Å²) >= 11 is 6.23. The molecule has 0 fully saturated rings. The predicted octanol–water partition coefficient (Wildman–Crippen LogP) is 5.76. The Labute approximate surface area is 341 Å². The number of hydrogen-bond acceptors (Lipinski definition) is 9. The Morgan fingerprint density at radius 3 is 2.29 bits per heavy atom. The molecule has 0 unspecified atom stereocenters. The number of methoxy groups -OCH3 is 1. The molecule has 3 amide bonds. The van der Waals surface area contributed by atoms with Crippen molar-refractivity contribution >= 4 is 35.3 Å². The number of ether oxygens (including phenoxy) is 2. The number of amides is 3. The van der Waals surface area contributed by atoms with E-state index >= 15 is 4.39 Å². The summed E-state index contributed by atoms with van der Waals surface area (Å²) < 4.78 is 39.9. The molecule has 0 saturated heterocycles. The number of halogens is 3. The summed E-state index contributed by atoms with van der Waals surface area (Å²) in [6, 6.07) is 16.2. The van der Waals surface area contributed by atoms with Gasteiger partial charge in [0.1, 0.15) is 42.0 Å². The number of benzene rings is 3. The van der Waals surface area contributed by atoms with Gasteiger partial charge in [-0.25, -0.2) is 18.6 Å². The molecule has 0 aliphatic carbocycles. The molecule has 5 N–H and O–H groups in total. The van der Waals surface area contributed by atoms with Crippen LogP contribution in [0.25, 0.3) is 11.1 Å². The molecule has 6 atom stereocenters. The number of aromatic nitrogens is 1. The molecule has 310 valence electrons. The van der Waals surface area contributed by atoms with Gasteiger partial charge in [-0.2, -0.15) is 0 Å². The first-order valence-corrected chi connectivity index (χ1v) is 19.2. The summed E-state index contributed by atoms with van der Waals surface area (Å²) in [5.74, 6) is -2.78. The lowest BCUT2D eigenvalue weighted by atomic mass is 9.85. The predicted molar refractivity (Wildman–Crippen MR) is 216 cm³/mol. The Hall–Kier alpha value is -5.31. The minimum atomic E-state index is -1.41. The monoisotopic (exact) mass is 821 g/mol. The first-order chi connectivity index (χ1) is 27.4. The largest absolute Gasteiger partial charge is 0.489 e. The molecule has 0 radical (unpaired) electrons. The number of hydrogen-bond donors (Lipinski definition) is 5. The lowest BCUT2D eigenvalue weighted by Crippen LogP contribution is -2.57. The fourth-order valence-corrected chi connectivity index (χ4v) is 7.13. The van der Waals surface area contributed by atoms with Crippen LogP contribution in [0, 0.1) is 23.0 Å². The lowest BCUT2D eigenvalue weighted by molar-refractivity contribution is -0.128. The summed E-state index contributed by atoms with van der Waals surface area (Å²) in [5, 5.41) is 31.2. The summed E-state index contributed by atoms with van der Waals surface area (Å²) in [7, 11) is 4.98. The van der Waals surface area contributed by atoms with Crippen LogP contribution >= 0.6 is 11.6 Å². The maximum atomic E-state index is 15.1. The van der Waals surface area contributed by atoms with E-state index in [1.165, 1.54) is 25.3 Å². The normalized spacial score (nSPS) is 17.1. The second kappa shape index (κ2) is 19.0. The number of aliphatic hydroxyl groups excluding tert-OH is 2. The number of pyridine rings is 1. The molecule has 2 heterocycles. The van der Waals surface area contributed by atoms with E-state index in [0.717, 1.165) is 34.6 Å². The zero-order chi connectivity index (χ0) is 42.3. The highest BCUT2D eigenvalue weighted by molar-refractivity contribution is 6.32. The highest BCUT2D eigenvalue weighted by Crippen LogP contribution is 2.39. The van der Waals surface area contributed by atoms with Gasteiger partial charge in [0.15, 0.2) is 0 Å². The van der Waals surface area contributed by atoms with Crippen molar-refractivity contribution in [3.63, 3.8) is 0 Å². The van der Waals surface area contributed by atoms with Crippen LogP contribution in [-0.4, -0.2) is 85.2 Å². The van der Waals surface area contributed by atoms with Gasteiger partial charge in [-0.1, -0.05) is 74.8 Å². The number of rotatable bonds is 14. The Morgan fingerprint density at radius 2 is 1.67 bits per heavy atom. The molecule has 58 heavy (non-hydrogen) atoms. The molecule has 1 aliphatic rings. The van der Waals surface area contributed by atoms with E-state index in [9.17, 15) is 29.0 Å². The number of alkyl carbamates (subject to hydrolysis) is 1. The van der Waals surface area contributed by atoms with E-state index in [4.69, 9.17) is 21.1 Å². The zero-order valence-electron chi connectivity index (χ0n) is 33.3. The van der Waals surface area contributed by atoms with Crippen molar-refractivity contribution in [3.05, 3.63) is 112 Å². The number of carbonyl (C=O) groups is 3. The van der Waals surface area contributed by atoms with Crippen LogP contribution < -0.4 is 25.6 Å². The zero-order valence-corrected chi connectivity index (χ0v) is 34.0. The van der Waals surface area contributed by atoms with Crippen molar-refractivity contribution in [2.45, 2.75) is 70.4 Å². The summed E-state index contributed by atoms with van der Waals surface area (Å²) in [6.45, 7) is 5.03. The van der Waals surface area contributed by atoms with Gasteiger partial charge in [0.25, 0.3) is 0 Å². The van der Waals surface area contributed by atoms with E-state index in [2.05, 4.69) is 20.9 Å². The fraction of sp³-hybridized carbons (Fsp3) is 0.395. The van der Waals surface area contributed by atoms with Gasteiger partial charge in [-0.15, -0.1) is 0 Å². The minimum absolute atomic E-state index is 0.0414. The number of carbonyl (C=O) groups excluding carboxylic acids is 3. The summed E-state index contributed by atoms with van der Waals surface area (Å²) in [5.41, 5.74) is 2.02. The molecule has 1 aliphatic heterocycles. The van der Waals surface area contributed by atoms with Gasteiger partial charge in [0.05, 0.1) is 30.3 Å². The van der Waals surface area contributed by atoms with Gasteiger partial charge >= 0.3 is 6.09 Å². The van der Waals surface area contributed by atoms with Crippen molar-refractivity contribution in [2.75, 3.05) is 32.7 Å². The molecule has 4 aromatic rings. The van der Waals surface area contributed by atoms with E-state index in [1.807, 2.05) is 55.4 Å². The molecule has 0 saturated carbocycles. The van der Waals surface area contributed by atoms with E-state index < -0.39 is 71.2 Å². The second-order valence-electron chi connectivity index (χ2n) is 15.7. The van der Waals surface area contributed by atoms with Crippen LogP contribution in [0.4, 0.5) is 19.4 Å². The van der Waals surface area contributed by atoms with Crippen molar-refractivity contribution < 1.29 is 42.9 Å². The number of nitrogens with one attached hydrogen (secondary N) is 3. The lowest BCUT2D eigenvalue weighted by Gasteiger charge is -2.34. The van der Waals surface area contributed by atoms with Crippen molar-refractivity contribution in [2.24, 2.45) is 11.3 Å². The number of nitrogens with zero attached hydrogens (tertiary/aromatic N) is 2. The summed E-state index contributed by atoms with van der Waals surface area (Å²) in [4.78, 5) is 46.9. The average Bonchev–Trinajstić information content (AvgIpc) is 3.17. The molecule has 3 aromatic carbocycles. The van der Waals surface area contributed by atoms with Gasteiger partial charge < -0.3 is 40.5 Å². The van der Waals surface area contributed by atoms with Crippen molar-refractivity contribution in [3.8, 4) is 16.9 Å². The molecular weight excluding hydrogens is 772 g/mol. The molecule has 0 bridgehead atoms. The first-order valence-electron chi connectivity index (χ1n) is 18.8. The Bertz CT molecular complexity index is 2060. The number of anilines is 1. The number of fused-ring (bicyclic) bond motifs is 1. The standard InChI is InChI=1S/C43H50ClF2N5O7/c1-43(2,3)39(50-42(56)57-6)41(55)48-33(17-24-11-13-25(14-12-24)27-15-16-36(47-22-27)51(4)5)34(52)19-28(18-26-9-7-8-10-32(26)46)40(54)49-37-30-20-29(45)21-31(44)38(30)58-23-35(37)53/h7-16,20-22,28,33-35,37,39,52-53H,17-19,23H2,1-6H3,(H,48,55)(H,49,54)(H,50,56)/t28-,33+,34+,35-,37+,39-/m1/s1. The highest BCUT2D eigenvalue weighted by Gasteiger charge is 2.38. The van der Waals surface area contributed by atoms with E-state index in [1.54, 1.807) is 33.0 Å². The van der Waals surface area contributed by atoms with E-state index in [-0.39, 0.29) is 47.8 Å². The molecule has 0 spiro atoms. The topological polar surface area (TPSA) is 162 Å². The Morgan fingerprint density at radius 1 is 0.983 bits per heavy atom. The third-order valence-corrected chi connectivity index (χ3v) is 10.4. The quantitative estimate of drug-likeness (QED) is 0.106. The first kappa shape index (κ1) is 43.8. The average molecular weight is 822 g/mol. The van der Waals surface area contributed by atoms with Crippen molar-refractivity contribution in [1.82, 2.24) is 20.9 Å². The van der Waals surface area contributed by atoms with Gasteiger partial charge in [0.2, 0.25) is 11.8 Å². The maximum absolute atomic E-state index is 15.1. The third kappa shape index (κ3) is 11.0. The van der Waals surface area contributed by atoms with Gasteiger partial charge in [0, 0.05) is 37.3 Å². The Balaban J connectivity index is 1.46. The molecule has 1 aromatic heterocycles. The molecular formula is C43H50ClF2N5O7. The maximum Gasteiger partial charge on any atom is 0.407 e. The van der Waals surface area contributed by atoms with Gasteiger partial charge in [-0.05, 0) is 71.7 Å². The van der Waals surface area contributed by atoms with Crippen LogP contribution in [0.2, 0.25) is 5.02 Å². The summed E-state index contributed by atoms with van der Waals surface area (Å²) in [6.07, 6.45) is -2.12. The van der Waals surface area contributed by atoms with Crippen LogP contribution in [-0.2, 0) is 27.2 Å². The SMILES string of the molecule is COC(=O)N[C@H](C(=O)N[C@@H](Cc1ccc(-c2ccc(N(C)C)nc2)cc1)[C@@H](O)C[C@@H](Cc1ccccc1F)C(=O)N[C@H]1c2cc(F)cc(Cl)c2OC[C@H]1O)C(C)(C)C. The van der Waals surface area contributed by atoms with Crippen molar-refractivity contribution in [1.29, 1.82) is 0 Å². The second-order valence-corrected chi connectivity index (χ2v) is 16.1.